The number of halogens is 1. The molecule has 0 aliphatic rings. The quantitative estimate of drug-likeness (QED) is 0.356. The number of hydrogen-bond donors (Lipinski definition) is 0. The Balaban J connectivity index is 2.50. The van der Waals surface area contributed by atoms with Gasteiger partial charge in [0.1, 0.15) is 22.7 Å². The Morgan fingerprint density at radius 1 is 0.636 bits per heavy atom. The first-order chi connectivity index (χ1) is 14.8. The van der Waals surface area contributed by atoms with Crippen molar-refractivity contribution in [1.82, 2.24) is 0 Å². The first-order valence-corrected chi connectivity index (χ1v) is 13.1. The number of rotatable bonds is 6. The number of alkyl halides is 1. The Morgan fingerprint density at radius 2 is 1.09 bits per heavy atom. The summed E-state index contributed by atoms with van der Waals surface area (Å²) in [5.41, 5.74) is 6.50. The van der Waals surface area contributed by atoms with Crippen LogP contribution in [0.5, 0.6) is 11.5 Å². The fourth-order valence-corrected chi connectivity index (χ4v) is 4.45. The molecule has 2 rings (SSSR count). The summed E-state index contributed by atoms with van der Waals surface area (Å²) in [7, 11) is 0. The van der Waals surface area contributed by atoms with E-state index >= 15 is 0 Å². The molecule has 0 radical (unpaired) electrons. The van der Waals surface area contributed by atoms with E-state index in [1.54, 1.807) is 0 Å². The maximum absolute atomic E-state index is 6.87. The third kappa shape index (κ3) is 6.15. The minimum atomic E-state index is -0.441. The number of aryl methyl sites for hydroxylation is 3. The van der Waals surface area contributed by atoms with Crippen LogP contribution in [-0.2, 0) is 16.2 Å². The van der Waals surface area contributed by atoms with Crippen LogP contribution < -0.4 is 9.47 Å². The molecule has 0 aliphatic heterocycles. The molecule has 2 aromatic rings. The Kier molecular flexibility index (Phi) is 7.81. The minimum Gasteiger partial charge on any atom is -0.488 e. The molecular weight excluding hydrogens is 472 g/mol. The molecule has 0 heterocycles. The van der Waals surface area contributed by atoms with Crippen molar-refractivity contribution in [3.8, 4) is 11.5 Å². The maximum Gasteiger partial charge on any atom is 0.127 e. The van der Waals surface area contributed by atoms with E-state index in [2.05, 4.69) is 130 Å². The summed E-state index contributed by atoms with van der Waals surface area (Å²) < 4.78 is 13.1. The van der Waals surface area contributed by atoms with Crippen molar-refractivity contribution >= 4 is 15.9 Å². The molecule has 0 unspecified atom stereocenters. The van der Waals surface area contributed by atoms with Crippen molar-refractivity contribution in [3.05, 3.63) is 57.6 Å². The van der Waals surface area contributed by atoms with Crippen LogP contribution in [0.3, 0.4) is 0 Å². The third-order valence-electron chi connectivity index (χ3n) is 6.81. The number of ether oxygens (including phenoxy) is 2. The van der Waals surface area contributed by atoms with Gasteiger partial charge < -0.3 is 9.47 Å². The molecule has 2 nitrogen and oxygen atoms in total. The molecular formula is C30H45BrO2. The standard InChI is InChI=1S/C30H45BrO2/c1-19-15-24(16-20(2)25(19)32-28(7,8)9)29(10,11)30(12,13)33-26-21(3)14-23(27(4,5)6)17-22(26)18-31/h14-17H,18H2,1-13H3. The maximum atomic E-state index is 6.87. The highest BCUT2D eigenvalue weighted by Crippen LogP contribution is 2.43. The topological polar surface area (TPSA) is 18.5 Å². The monoisotopic (exact) mass is 516 g/mol. The van der Waals surface area contributed by atoms with E-state index in [1.165, 1.54) is 22.3 Å². The van der Waals surface area contributed by atoms with Crippen molar-refractivity contribution in [2.45, 2.75) is 117 Å². The average Bonchev–Trinajstić information content (AvgIpc) is 2.64. The lowest BCUT2D eigenvalue weighted by Gasteiger charge is -2.43. The van der Waals surface area contributed by atoms with Gasteiger partial charge in [0, 0.05) is 16.3 Å². The van der Waals surface area contributed by atoms with Crippen molar-refractivity contribution < 1.29 is 9.47 Å². The molecule has 0 bridgehead atoms. The zero-order chi connectivity index (χ0) is 25.6. The van der Waals surface area contributed by atoms with Crippen LogP contribution in [0.2, 0.25) is 0 Å². The third-order valence-corrected chi connectivity index (χ3v) is 7.42. The minimum absolute atomic E-state index is 0.0981. The normalized spacial score (nSPS) is 13.3. The van der Waals surface area contributed by atoms with E-state index in [9.17, 15) is 0 Å². The van der Waals surface area contributed by atoms with Gasteiger partial charge in [-0.25, -0.2) is 0 Å². The van der Waals surface area contributed by atoms with E-state index in [4.69, 9.17) is 9.47 Å². The summed E-state index contributed by atoms with van der Waals surface area (Å²) in [4.78, 5) is 0. The molecule has 0 aromatic heterocycles. The van der Waals surface area contributed by atoms with E-state index in [1.807, 2.05) is 0 Å². The number of hydrogen-bond acceptors (Lipinski definition) is 2. The zero-order valence-electron chi connectivity index (χ0n) is 23.2. The number of benzene rings is 2. The molecule has 0 saturated carbocycles. The summed E-state index contributed by atoms with van der Waals surface area (Å²) >= 11 is 3.70. The molecule has 0 fully saturated rings. The molecule has 0 atom stereocenters. The molecule has 2 aromatic carbocycles. The van der Waals surface area contributed by atoms with Crippen LogP contribution in [0, 0.1) is 20.8 Å². The second-order valence-corrected chi connectivity index (χ2v) is 13.1. The summed E-state index contributed by atoms with van der Waals surface area (Å²) in [6.45, 7) is 28.4. The van der Waals surface area contributed by atoms with Gasteiger partial charge in [-0.05, 0) is 88.6 Å². The van der Waals surface area contributed by atoms with Crippen molar-refractivity contribution in [2.75, 3.05) is 0 Å². The summed E-state index contributed by atoms with van der Waals surface area (Å²) in [6.07, 6.45) is 0. The Hall–Kier alpha value is -1.48. The van der Waals surface area contributed by atoms with Gasteiger partial charge in [-0.15, -0.1) is 0 Å². The van der Waals surface area contributed by atoms with Gasteiger partial charge >= 0.3 is 0 Å². The van der Waals surface area contributed by atoms with E-state index in [0.717, 1.165) is 28.0 Å². The van der Waals surface area contributed by atoms with Gasteiger partial charge in [0.15, 0.2) is 0 Å². The predicted octanol–water partition coefficient (Wildman–Crippen LogP) is 9.12. The molecule has 0 N–H and O–H groups in total. The van der Waals surface area contributed by atoms with Gasteiger partial charge in [-0.1, -0.05) is 74.8 Å². The molecule has 0 saturated heterocycles. The lowest BCUT2D eigenvalue weighted by molar-refractivity contribution is 0.0342. The summed E-state index contributed by atoms with van der Waals surface area (Å²) in [6, 6.07) is 9.09. The predicted molar refractivity (Wildman–Crippen MR) is 147 cm³/mol. The SMILES string of the molecule is Cc1cc(C(C)(C)C(C)(C)Oc2c(C)cc(C(C)(C)C)cc2CBr)cc(C)c1OC(C)(C)C. The van der Waals surface area contributed by atoms with Crippen molar-refractivity contribution in [3.63, 3.8) is 0 Å². The van der Waals surface area contributed by atoms with Crippen LogP contribution in [0.25, 0.3) is 0 Å². The second kappa shape index (κ2) is 9.29. The van der Waals surface area contributed by atoms with E-state index in [0.29, 0.717) is 0 Å². The Bertz CT molecular complexity index is 978. The highest BCUT2D eigenvalue weighted by atomic mass is 79.9. The second-order valence-electron chi connectivity index (χ2n) is 12.6. The van der Waals surface area contributed by atoms with Gasteiger partial charge in [0.05, 0.1) is 0 Å². The highest BCUT2D eigenvalue weighted by molar-refractivity contribution is 9.08. The fraction of sp³-hybridized carbons (Fsp3) is 0.600. The van der Waals surface area contributed by atoms with Crippen LogP contribution in [0.1, 0.15) is 103 Å². The zero-order valence-corrected chi connectivity index (χ0v) is 24.8. The van der Waals surface area contributed by atoms with Crippen molar-refractivity contribution in [2.24, 2.45) is 0 Å². The van der Waals surface area contributed by atoms with Gasteiger partial charge in [0.2, 0.25) is 0 Å². The molecule has 0 spiro atoms. The molecule has 0 aliphatic carbocycles. The van der Waals surface area contributed by atoms with Crippen molar-refractivity contribution in [1.29, 1.82) is 0 Å². The highest BCUT2D eigenvalue weighted by Gasteiger charge is 2.42. The molecule has 0 amide bonds. The lowest BCUT2D eigenvalue weighted by atomic mass is 9.71. The fourth-order valence-electron chi connectivity index (χ4n) is 4.03. The van der Waals surface area contributed by atoms with Gasteiger partial charge in [-0.3, -0.25) is 0 Å². The average molecular weight is 518 g/mol. The van der Waals surface area contributed by atoms with Gasteiger partial charge in [-0.2, -0.15) is 0 Å². The Morgan fingerprint density at radius 3 is 1.52 bits per heavy atom. The van der Waals surface area contributed by atoms with E-state index < -0.39 is 5.60 Å². The van der Waals surface area contributed by atoms with E-state index in [-0.39, 0.29) is 16.4 Å². The Labute approximate surface area is 211 Å². The largest absolute Gasteiger partial charge is 0.488 e. The first kappa shape index (κ1) is 27.8. The first-order valence-electron chi connectivity index (χ1n) is 12.0. The molecule has 33 heavy (non-hydrogen) atoms. The summed E-state index contributed by atoms with van der Waals surface area (Å²) in [5, 5.41) is 0.765. The van der Waals surface area contributed by atoms with Crippen LogP contribution in [0.15, 0.2) is 24.3 Å². The smallest absolute Gasteiger partial charge is 0.127 e. The molecule has 3 heteroatoms. The van der Waals surface area contributed by atoms with Crippen LogP contribution in [-0.4, -0.2) is 11.2 Å². The van der Waals surface area contributed by atoms with Crippen LogP contribution >= 0.6 is 15.9 Å². The summed E-state index contributed by atoms with van der Waals surface area (Å²) in [5.74, 6) is 1.97. The molecule has 184 valence electrons. The van der Waals surface area contributed by atoms with Crippen LogP contribution in [0.4, 0.5) is 0 Å². The van der Waals surface area contributed by atoms with Gasteiger partial charge in [0.25, 0.3) is 0 Å². The lowest BCUT2D eigenvalue weighted by Crippen LogP contribution is -2.48.